The van der Waals surface area contributed by atoms with Crippen molar-refractivity contribution in [3.05, 3.63) is 0 Å². The summed E-state index contributed by atoms with van der Waals surface area (Å²) in [6.45, 7) is 6.05. The van der Waals surface area contributed by atoms with E-state index in [9.17, 15) is 13.2 Å². The van der Waals surface area contributed by atoms with E-state index in [1.165, 1.54) is 32.1 Å². The molecular formula is C16H30F3NS. The topological polar surface area (TPSA) is 12.0 Å². The number of unbranched alkanes of at least 4 members (excludes halogenated alkanes) is 1. The van der Waals surface area contributed by atoms with Gasteiger partial charge in [0.1, 0.15) is 0 Å². The Labute approximate surface area is 131 Å². The number of hydrogen-bond acceptors (Lipinski definition) is 2. The number of nitrogens with one attached hydrogen (secondary N) is 1. The fourth-order valence-corrected chi connectivity index (χ4v) is 4.13. The third kappa shape index (κ3) is 7.78. The predicted octanol–water partition coefficient (Wildman–Crippen LogP) is 5.61. The summed E-state index contributed by atoms with van der Waals surface area (Å²) in [5, 5.41) is 3.37. The first-order chi connectivity index (χ1) is 9.91. The number of alkyl halides is 3. The summed E-state index contributed by atoms with van der Waals surface area (Å²) in [6, 6.07) is 0. The Hall–Kier alpha value is 0.1000. The van der Waals surface area contributed by atoms with Crippen LogP contribution in [0.5, 0.6) is 0 Å². The van der Waals surface area contributed by atoms with Crippen molar-refractivity contribution in [2.24, 2.45) is 11.3 Å². The number of halogens is 3. The number of hydrogen-bond donors (Lipinski definition) is 1. The van der Waals surface area contributed by atoms with Crippen LogP contribution in [-0.2, 0) is 0 Å². The zero-order chi connectivity index (χ0) is 15.8. The van der Waals surface area contributed by atoms with Gasteiger partial charge in [0.05, 0.1) is 0 Å². The molecule has 126 valence electrons. The Kier molecular flexibility index (Phi) is 8.47. The lowest BCUT2D eigenvalue weighted by Gasteiger charge is -2.41. The maximum absolute atomic E-state index is 12.3. The quantitative estimate of drug-likeness (QED) is 0.591. The number of thioether (sulfide) groups is 1. The third-order valence-corrected chi connectivity index (χ3v) is 5.52. The minimum Gasteiger partial charge on any atom is -0.316 e. The lowest BCUT2D eigenvalue weighted by molar-refractivity contribution is -0.0330. The molecule has 1 aliphatic rings. The van der Waals surface area contributed by atoms with Gasteiger partial charge in [0, 0.05) is 12.3 Å². The molecule has 21 heavy (non-hydrogen) atoms. The molecule has 1 aliphatic carbocycles. The van der Waals surface area contributed by atoms with Crippen molar-refractivity contribution < 1.29 is 13.2 Å². The average molecular weight is 325 g/mol. The molecule has 0 radical (unpaired) electrons. The molecule has 0 saturated heterocycles. The Morgan fingerprint density at radius 1 is 1.19 bits per heavy atom. The molecule has 1 nitrogen and oxygen atoms in total. The van der Waals surface area contributed by atoms with Crippen LogP contribution in [0.4, 0.5) is 13.2 Å². The lowest BCUT2D eigenvalue weighted by atomic mass is 9.68. The molecular weight excluding hydrogens is 295 g/mol. The van der Waals surface area contributed by atoms with Crippen LogP contribution in [0.25, 0.3) is 0 Å². The smallest absolute Gasteiger partial charge is 0.316 e. The van der Waals surface area contributed by atoms with Crippen LogP contribution in [0.2, 0.25) is 0 Å². The molecule has 1 fully saturated rings. The minimum absolute atomic E-state index is 0.0942. The fourth-order valence-electron chi connectivity index (χ4n) is 3.36. The minimum atomic E-state index is -4.09. The molecule has 0 spiro atoms. The standard InChI is InChI=1S/C16H30F3NS/c1-3-5-6-14-7-9-15(10-8-14,13-20-4-2)11-12-21-16(17,18)19/h14,20H,3-13H2,1-2H3. The highest BCUT2D eigenvalue weighted by Gasteiger charge is 2.36. The van der Waals surface area contributed by atoms with E-state index < -0.39 is 5.51 Å². The summed E-state index contributed by atoms with van der Waals surface area (Å²) < 4.78 is 37.0. The van der Waals surface area contributed by atoms with E-state index in [0.29, 0.717) is 6.42 Å². The second-order valence-corrected chi connectivity index (χ2v) is 7.57. The van der Waals surface area contributed by atoms with Crippen molar-refractivity contribution in [1.29, 1.82) is 0 Å². The summed E-state index contributed by atoms with van der Waals surface area (Å²) in [4.78, 5) is 0. The summed E-state index contributed by atoms with van der Waals surface area (Å²) in [7, 11) is 0. The van der Waals surface area contributed by atoms with Crippen molar-refractivity contribution in [2.45, 2.75) is 70.7 Å². The van der Waals surface area contributed by atoms with Crippen molar-refractivity contribution in [1.82, 2.24) is 5.32 Å². The van der Waals surface area contributed by atoms with Gasteiger partial charge >= 0.3 is 5.51 Å². The Bertz CT molecular complexity index is 273. The molecule has 0 aromatic carbocycles. The molecule has 0 aromatic heterocycles. The molecule has 0 aliphatic heterocycles. The largest absolute Gasteiger partial charge is 0.441 e. The van der Waals surface area contributed by atoms with Crippen LogP contribution in [0.15, 0.2) is 0 Å². The first kappa shape index (κ1) is 19.1. The van der Waals surface area contributed by atoms with E-state index in [1.807, 2.05) is 0 Å². The highest BCUT2D eigenvalue weighted by atomic mass is 32.2. The zero-order valence-corrected chi connectivity index (χ0v) is 14.2. The second kappa shape index (κ2) is 9.29. The van der Waals surface area contributed by atoms with Crippen LogP contribution in [0, 0.1) is 11.3 Å². The third-order valence-electron chi connectivity index (χ3n) is 4.78. The van der Waals surface area contributed by atoms with Crippen molar-refractivity contribution in [2.75, 3.05) is 18.8 Å². The van der Waals surface area contributed by atoms with E-state index in [4.69, 9.17) is 0 Å². The number of rotatable bonds is 9. The molecule has 1 N–H and O–H groups in total. The van der Waals surface area contributed by atoms with Gasteiger partial charge in [-0.25, -0.2) is 0 Å². The van der Waals surface area contributed by atoms with Gasteiger partial charge in [0.15, 0.2) is 0 Å². The van der Waals surface area contributed by atoms with Gasteiger partial charge in [-0.2, -0.15) is 13.2 Å². The van der Waals surface area contributed by atoms with Crippen LogP contribution in [0.1, 0.15) is 65.2 Å². The van der Waals surface area contributed by atoms with Gasteiger partial charge in [-0.15, -0.1) is 0 Å². The van der Waals surface area contributed by atoms with E-state index in [1.54, 1.807) is 0 Å². The Morgan fingerprint density at radius 2 is 1.86 bits per heavy atom. The predicted molar refractivity (Wildman–Crippen MR) is 85.6 cm³/mol. The summed E-state index contributed by atoms with van der Waals surface area (Å²) in [6.07, 6.45) is 9.08. The van der Waals surface area contributed by atoms with E-state index in [0.717, 1.165) is 31.8 Å². The van der Waals surface area contributed by atoms with Gasteiger partial charge in [-0.3, -0.25) is 0 Å². The highest BCUT2D eigenvalue weighted by Crippen LogP contribution is 2.44. The molecule has 0 amide bonds. The monoisotopic (exact) mass is 325 g/mol. The van der Waals surface area contributed by atoms with Crippen molar-refractivity contribution in [3.8, 4) is 0 Å². The molecule has 1 rings (SSSR count). The summed E-state index contributed by atoms with van der Waals surface area (Å²) >= 11 is 0.146. The molecule has 0 atom stereocenters. The zero-order valence-electron chi connectivity index (χ0n) is 13.4. The van der Waals surface area contributed by atoms with Gasteiger partial charge in [-0.05, 0) is 50.0 Å². The maximum atomic E-state index is 12.3. The molecule has 5 heteroatoms. The normalized spacial score (nSPS) is 27.0. The van der Waals surface area contributed by atoms with E-state index >= 15 is 0 Å². The Balaban J connectivity index is 2.44. The molecule has 0 unspecified atom stereocenters. The van der Waals surface area contributed by atoms with Gasteiger partial charge in [0.25, 0.3) is 0 Å². The first-order valence-electron chi connectivity index (χ1n) is 8.32. The average Bonchev–Trinajstić information content (AvgIpc) is 2.43. The van der Waals surface area contributed by atoms with Crippen LogP contribution < -0.4 is 5.32 Å². The Morgan fingerprint density at radius 3 is 2.38 bits per heavy atom. The molecule has 1 saturated carbocycles. The van der Waals surface area contributed by atoms with Crippen molar-refractivity contribution in [3.63, 3.8) is 0 Å². The van der Waals surface area contributed by atoms with Crippen LogP contribution in [0.3, 0.4) is 0 Å². The van der Waals surface area contributed by atoms with Gasteiger partial charge in [-0.1, -0.05) is 44.9 Å². The second-order valence-electron chi connectivity index (χ2n) is 6.41. The first-order valence-corrected chi connectivity index (χ1v) is 9.31. The maximum Gasteiger partial charge on any atom is 0.441 e. The molecule has 0 aromatic rings. The van der Waals surface area contributed by atoms with Crippen LogP contribution in [-0.4, -0.2) is 24.4 Å². The lowest BCUT2D eigenvalue weighted by Crippen LogP contribution is -2.38. The molecule has 0 heterocycles. The molecule has 0 bridgehead atoms. The summed E-state index contributed by atoms with van der Waals surface area (Å²) in [5.74, 6) is 1.00. The fraction of sp³-hybridized carbons (Fsp3) is 1.00. The van der Waals surface area contributed by atoms with E-state index in [-0.39, 0.29) is 22.9 Å². The van der Waals surface area contributed by atoms with Gasteiger partial charge in [0.2, 0.25) is 0 Å². The van der Waals surface area contributed by atoms with Crippen LogP contribution >= 0.6 is 11.8 Å². The van der Waals surface area contributed by atoms with E-state index in [2.05, 4.69) is 19.2 Å². The summed E-state index contributed by atoms with van der Waals surface area (Å²) in [5.41, 5.74) is -3.99. The van der Waals surface area contributed by atoms with Gasteiger partial charge < -0.3 is 5.32 Å². The highest BCUT2D eigenvalue weighted by molar-refractivity contribution is 8.00. The van der Waals surface area contributed by atoms with Crippen molar-refractivity contribution >= 4 is 11.8 Å². The SMILES string of the molecule is CCCCC1CCC(CCSC(F)(F)F)(CNCC)CC1.